The number of rotatable bonds is 2. The van der Waals surface area contributed by atoms with Crippen LogP contribution in [0.3, 0.4) is 0 Å². The van der Waals surface area contributed by atoms with E-state index in [-0.39, 0.29) is 17.4 Å². The summed E-state index contributed by atoms with van der Waals surface area (Å²) in [7, 11) is 0. The molecule has 0 aliphatic heterocycles. The van der Waals surface area contributed by atoms with Gasteiger partial charge in [0.15, 0.2) is 0 Å². The molecule has 2 nitrogen and oxygen atoms in total. The average molecular weight is 197 g/mol. The van der Waals surface area contributed by atoms with E-state index in [1.54, 1.807) is 0 Å². The monoisotopic (exact) mass is 197 g/mol. The molecule has 0 aromatic heterocycles. The van der Waals surface area contributed by atoms with Crippen molar-refractivity contribution in [3.05, 3.63) is 0 Å². The van der Waals surface area contributed by atoms with Crippen molar-refractivity contribution in [2.24, 2.45) is 16.2 Å². The SMILES string of the molecule is CC(C)(C)CC(C#N)(CO)C(C)(C)C. The summed E-state index contributed by atoms with van der Waals surface area (Å²) in [5, 5.41) is 18.7. The van der Waals surface area contributed by atoms with Crippen LogP contribution < -0.4 is 0 Å². The highest BCUT2D eigenvalue weighted by Gasteiger charge is 2.44. The van der Waals surface area contributed by atoms with Crippen molar-refractivity contribution in [2.45, 2.75) is 48.0 Å². The Hall–Kier alpha value is -0.550. The van der Waals surface area contributed by atoms with Gasteiger partial charge in [-0.25, -0.2) is 0 Å². The third-order valence-corrected chi connectivity index (χ3v) is 2.75. The molecule has 0 bridgehead atoms. The summed E-state index contributed by atoms with van der Waals surface area (Å²) in [6.45, 7) is 12.3. The van der Waals surface area contributed by atoms with Crippen molar-refractivity contribution in [1.29, 1.82) is 5.26 Å². The van der Waals surface area contributed by atoms with Gasteiger partial charge in [0.1, 0.15) is 0 Å². The number of hydrogen-bond acceptors (Lipinski definition) is 2. The molecule has 0 fully saturated rings. The van der Waals surface area contributed by atoms with Crippen LogP contribution in [-0.2, 0) is 0 Å². The molecule has 0 spiro atoms. The van der Waals surface area contributed by atoms with E-state index < -0.39 is 5.41 Å². The quantitative estimate of drug-likeness (QED) is 0.739. The highest BCUT2D eigenvalue weighted by Crippen LogP contribution is 2.45. The van der Waals surface area contributed by atoms with Crippen molar-refractivity contribution < 1.29 is 5.11 Å². The Morgan fingerprint density at radius 2 is 1.50 bits per heavy atom. The molecule has 0 saturated heterocycles. The first kappa shape index (κ1) is 13.4. The Kier molecular flexibility index (Phi) is 3.75. The van der Waals surface area contributed by atoms with Crippen LogP contribution >= 0.6 is 0 Å². The van der Waals surface area contributed by atoms with E-state index >= 15 is 0 Å². The first-order valence-corrected chi connectivity index (χ1v) is 5.10. The molecule has 82 valence electrons. The van der Waals surface area contributed by atoms with Gasteiger partial charge in [-0.05, 0) is 17.3 Å². The number of aliphatic hydroxyl groups excluding tert-OH is 1. The predicted octanol–water partition coefficient (Wildman–Crippen LogP) is 2.97. The van der Waals surface area contributed by atoms with E-state index in [4.69, 9.17) is 0 Å². The number of hydrogen-bond donors (Lipinski definition) is 1. The maximum Gasteiger partial charge on any atom is 0.0857 e. The van der Waals surface area contributed by atoms with Gasteiger partial charge >= 0.3 is 0 Å². The molecule has 0 saturated carbocycles. The van der Waals surface area contributed by atoms with Gasteiger partial charge in [0.05, 0.1) is 18.1 Å². The van der Waals surface area contributed by atoms with Gasteiger partial charge < -0.3 is 5.11 Å². The third kappa shape index (κ3) is 2.99. The smallest absolute Gasteiger partial charge is 0.0857 e. The summed E-state index contributed by atoms with van der Waals surface area (Å²) < 4.78 is 0. The predicted molar refractivity (Wildman–Crippen MR) is 58.7 cm³/mol. The zero-order valence-electron chi connectivity index (χ0n) is 10.3. The van der Waals surface area contributed by atoms with E-state index in [1.807, 2.05) is 20.8 Å². The van der Waals surface area contributed by atoms with Crippen molar-refractivity contribution in [1.82, 2.24) is 0 Å². The molecule has 0 radical (unpaired) electrons. The van der Waals surface area contributed by atoms with Crippen molar-refractivity contribution in [3.63, 3.8) is 0 Å². The molecule has 0 heterocycles. The number of nitrogens with zero attached hydrogens (tertiary/aromatic N) is 1. The van der Waals surface area contributed by atoms with E-state index in [2.05, 4.69) is 26.8 Å². The highest BCUT2D eigenvalue weighted by molar-refractivity contribution is 5.07. The summed E-state index contributed by atoms with van der Waals surface area (Å²) in [6, 6.07) is 2.31. The fourth-order valence-electron chi connectivity index (χ4n) is 1.71. The summed E-state index contributed by atoms with van der Waals surface area (Å²) in [4.78, 5) is 0. The Bertz CT molecular complexity index is 226. The lowest BCUT2D eigenvalue weighted by Gasteiger charge is -2.41. The van der Waals surface area contributed by atoms with E-state index in [0.717, 1.165) is 6.42 Å². The molecule has 1 N–H and O–H groups in total. The summed E-state index contributed by atoms with van der Waals surface area (Å²) in [6.07, 6.45) is 0.719. The molecular weight excluding hydrogens is 174 g/mol. The van der Waals surface area contributed by atoms with Gasteiger partial charge in [-0.2, -0.15) is 5.26 Å². The topological polar surface area (TPSA) is 44.0 Å². The van der Waals surface area contributed by atoms with Crippen molar-refractivity contribution >= 4 is 0 Å². The number of aliphatic hydroxyl groups is 1. The van der Waals surface area contributed by atoms with Gasteiger partial charge in [0.2, 0.25) is 0 Å². The molecule has 0 amide bonds. The van der Waals surface area contributed by atoms with E-state index in [0.29, 0.717) is 0 Å². The second-order valence-electron chi connectivity index (χ2n) is 6.34. The molecule has 1 atom stereocenters. The molecule has 14 heavy (non-hydrogen) atoms. The molecule has 0 aromatic rings. The molecule has 0 rings (SSSR count). The summed E-state index contributed by atoms with van der Waals surface area (Å²) in [5.41, 5.74) is -0.763. The van der Waals surface area contributed by atoms with Crippen LogP contribution in [0.2, 0.25) is 0 Å². The molecular formula is C12H23NO. The lowest BCUT2D eigenvalue weighted by molar-refractivity contribution is 0.0297. The standard InChI is InChI=1S/C12H23NO/c1-10(2,3)7-12(8-13,9-14)11(4,5)6/h14H,7,9H2,1-6H3. The highest BCUT2D eigenvalue weighted by atomic mass is 16.3. The number of nitriles is 1. The van der Waals surface area contributed by atoms with Crippen LogP contribution in [0, 0.1) is 27.6 Å². The van der Waals surface area contributed by atoms with Crippen LogP contribution in [0.4, 0.5) is 0 Å². The normalized spacial score (nSPS) is 17.3. The minimum Gasteiger partial charge on any atom is -0.395 e. The lowest BCUT2D eigenvalue weighted by Crippen LogP contribution is -2.41. The van der Waals surface area contributed by atoms with Crippen LogP contribution in [0.5, 0.6) is 0 Å². The van der Waals surface area contributed by atoms with Gasteiger partial charge in [-0.15, -0.1) is 0 Å². The van der Waals surface area contributed by atoms with Gasteiger partial charge in [0.25, 0.3) is 0 Å². The Morgan fingerprint density at radius 1 is 1.07 bits per heavy atom. The molecule has 0 aliphatic carbocycles. The Balaban J connectivity index is 5.04. The maximum atomic E-state index is 9.45. The van der Waals surface area contributed by atoms with Crippen LogP contribution in [0.25, 0.3) is 0 Å². The largest absolute Gasteiger partial charge is 0.395 e. The van der Waals surface area contributed by atoms with E-state index in [1.165, 1.54) is 0 Å². The first-order chi connectivity index (χ1) is 6.08. The fourth-order valence-corrected chi connectivity index (χ4v) is 1.71. The van der Waals surface area contributed by atoms with Crippen molar-refractivity contribution in [3.8, 4) is 6.07 Å². The lowest BCUT2D eigenvalue weighted by atomic mass is 9.61. The summed E-state index contributed by atoms with van der Waals surface area (Å²) >= 11 is 0. The Morgan fingerprint density at radius 3 is 1.57 bits per heavy atom. The minimum atomic E-state index is -0.634. The van der Waals surface area contributed by atoms with Crippen LogP contribution in [0.15, 0.2) is 0 Å². The summed E-state index contributed by atoms with van der Waals surface area (Å²) in [5.74, 6) is 0. The second kappa shape index (κ2) is 3.90. The fraction of sp³-hybridized carbons (Fsp3) is 0.917. The molecule has 0 aromatic carbocycles. The average Bonchev–Trinajstić information content (AvgIpc) is 1.96. The van der Waals surface area contributed by atoms with Gasteiger partial charge in [-0.1, -0.05) is 41.5 Å². The van der Waals surface area contributed by atoms with Gasteiger partial charge in [-0.3, -0.25) is 0 Å². The van der Waals surface area contributed by atoms with E-state index in [9.17, 15) is 10.4 Å². The minimum absolute atomic E-state index is 0.0613. The molecule has 1 unspecified atom stereocenters. The zero-order chi connectivity index (χ0) is 11.6. The zero-order valence-corrected chi connectivity index (χ0v) is 10.3. The Labute approximate surface area is 87.9 Å². The van der Waals surface area contributed by atoms with Crippen molar-refractivity contribution in [2.75, 3.05) is 6.61 Å². The molecule has 2 heteroatoms. The van der Waals surface area contributed by atoms with Crippen LogP contribution in [-0.4, -0.2) is 11.7 Å². The first-order valence-electron chi connectivity index (χ1n) is 5.10. The molecule has 0 aliphatic rings. The maximum absolute atomic E-state index is 9.45. The third-order valence-electron chi connectivity index (χ3n) is 2.75. The van der Waals surface area contributed by atoms with Crippen LogP contribution in [0.1, 0.15) is 48.0 Å². The second-order valence-corrected chi connectivity index (χ2v) is 6.34. The van der Waals surface area contributed by atoms with Gasteiger partial charge in [0, 0.05) is 0 Å².